The van der Waals surface area contributed by atoms with Crippen molar-refractivity contribution in [2.45, 2.75) is 25.4 Å². The topological polar surface area (TPSA) is 105 Å². The summed E-state index contributed by atoms with van der Waals surface area (Å²) < 4.78 is 32.8. The number of benzene rings is 3. The van der Waals surface area contributed by atoms with Crippen LogP contribution in [0.2, 0.25) is 0 Å². The van der Waals surface area contributed by atoms with E-state index in [1.54, 1.807) is 24.1 Å². The van der Waals surface area contributed by atoms with E-state index in [2.05, 4.69) is 5.32 Å². The maximum atomic E-state index is 13.7. The van der Waals surface area contributed by atoms with Gasteiger partial charge in [-0.1, -0.05) is 18.2 Å². The van der Waals surface area contributed by atoms with Crippen LogP contribution in [0.4, 0.5) is 5.69 Å². The largest absolute Gasteiger partial charge is 0.497 e. The molecule has 0 aliphatic carbocycles. The van der Waals surface area contributed by atoms with Crippen molar-refractivity contribution in [3.63, 3.8) is 0 Å². The number of methoxy groups -OCH3 is 4. The Morgan fingerprint density at radius 1 is 0.900 bits per heavy atom. The molecule has 2 amide bonds. The summed E-state index contributed by atoms with van der Waals surface area (Å²) in [5.41, 5.74) is 2.21. The number of piperidine rings is 1. The minimum atomic E-state index is -0.591. The Hall–Kier alpha value is -4.60. The summed E-state index contributed by atoms with van der Waals surface area (Å²) in [6, 6.07) is 15.8. The van der Waals surface area contributed by atoms with E-state index in [0.717, 1.165) is 11.1 Å². The summed E-state index contributed by atoms with van der Waals surface area (Å²) in [7, 11) is 6.15. The monoisotopic (exact) mass is 548 g/mol. The highest BCUT2D eigenvalue weighted by Crippen LogP contribution is 2.46. The number of nitrogens with one attached hydrogen (secondary N) is 1. The maximum absolute atomic E-state index is 13.7. The lowest BCUT2D eigenvalue weighted by atomic mass is 9.83. The standard InChI is InChI=1S/C30H32N2O8/c1-35-21-8-6-19(7-9-21)28-22(30(34)31-16-18-5-11-23-24(13-18)40-17-39-23)10-12-27(33)32(28)20-14-25(36-2)29(38-4)26(15-20)37-3/h5-9,11,13-15,22,28H,10,12,16-17H2,1-4H3,(H,31,34)/t22-,28+/m0/s1. The number of fused-ring (bicyclic) bond motifs is 1. The van der Waals surface area contributed by atoms with E-state index < -0.39 is 12.0 Å². The molecule has 3 aromatic carbocycles. The molecule has 2 aliphatic heterocycles. The predicted octanol–water partition coefficient (Wildman–Crippen LogP) is 4.25. The Morgan fingerprint density at radius 2 is 1.60 bits per heavy atom. The molecule has 0 radical (unpaired) electrons. The van der Waals surface area contributed by atoms with Crippen molar-refractivity contribution in [2.24, 2.45) is 5.92 Å². The Balaban J connectivity index is 1.50. The zero-order valence-electron chi connectivity index (χ0n) is 22.9. The molecule has 10 heteroatoms. The molecule has 5 rings (SSSR count). The van der Waals surface area contributed by atoms with Crippen molar-refractivity contribution >= 4 is 17.5 Å². The first-order chi connectivity index (χ1) is 19.5. The van der Waals surface area contributed by atoms with Crippen molar-refractivity contribution < 1.29 is 38.0 Å². The molecule has 0 saturated carbocycles. The van der Waals surface area contributed by atoms with Crippen LogP contribution >= 0.6 is 0 Å². The van der Waals surface area contributed by atoms with Gasteiger partial charge in [0.25, 0.3) is 0 Å². The fraction of sp³-hybridized carbons (Fsp3) is 0.333. The number of carbonyl (C=O) groups excluding carboxylic acids is 2. The van der Waals surface area contributed by atoms with Gasteiger partial charge in [-0.3, -0.25) is 9.59 Å². The molecule has 10 nitrogen and oxygen atoms in total. The summed E-state index contributed by atoms with van der Waals surface area (Å²) in [4.78, 5) is 28.9. The SMILES string of the molecule is COc1ccc([C@@H]2[C@@H](C(=O)NCc3ccc4c(c3)OCO4)CCC(=O)N2c2cc(OC)c(OC)c(OC)c2)cc1. The van der Waals surface area contributed by atoms with Gasteiger partial charge >= 0.3 is 0 Å². The van der Waals surface area contributed by atoms with Gasteiger partial charge in [0.2, 0.25) is 24.4 Å². The van der Waals surface area contributed by atoms with E-state index >= 15 is 0 Å². The fourth-order valence-electron chi connectivity index (χ4n) is 5.23. The molecule has 2 atom stereocenters. The van der Waals surface area contributed by atoms with Gasteiger partial charge in [-0.25, -0.2) is 0 Å². The lowest BCUT2D eigenvalue weighted by Crippen LogP contribution is -2.48. The smallest absolute Gasteiger partial charge is 0.231 e. The molecule has 1 fully saturated rings. The maximum Gasteiger partial charge on any atom is 0.231 e. The molecule has 210 valence electrons. The van der Waals surface area contributed by atoms with E-state index in [-0.39, 0.29) is 25.0 Å². The first kappa shape index (κ1) is 27.0. The van der Waals surface area contributed by atoms with E-state index in [1.165, 1.54) is 21.3 Å². The molecular weight excluding hydrogens is 516 g/mol. The van der Waals surface area contributed by atoms with E-state index in [0.29, 0.717) is 53.2 Å². The first-order valence-electron chi connectivity index (χ1n) is 12.9. The van der Waals surface area contributed by atoms with Gasteiger partial charge in [0.1, 0.15) is 5.75 Å². The molecule has 1 saturated heterocycles. The zero-order chi connectivity index (χ0) is 28.2. The van der Waals surface area contributed by atoms with Crippen LogP contribution in [0.25, 0.3) is 0 Å². The van der Waals surface area contributed by atoms with Crippen LogP contribution in [0.5, 0.6) is 34.5 Å². The van der Waals surface area contributed by atoms with Gasteiger partial charge in [0.15, 0.2) is 23.0 Å². The molecule has 1 N–H and O–H groups in total. The number of amides is 2. The zero-order valence-corrected chi connectivity index (χ0v) is 22.9. The number of rotatable bonds is 9. The number of nitrogens with zero attached hydrogens (tertiary/aromatic N) is 1. The molecule has 3 aromatic rings. The highest BCUT2D eigenvalue weighted by Gasteiger charge is 2.42. The van der Waals surface area contributed by atoms with Gasteiger partial charge in [0.05, 0.1) is 46.1 Å². The Bertz CT molecular complexity index is 1370. The second kappa shape index (κ2) is 11.6. The normalized spacial score (nSPS) is 17.8. The molecule has 0 bridgehead atoms. The predicted molar refractivity (Wildman–Crippen MR) is 146 cm³/mol. The third-order valence-electron chi connectivity index (χ3n) is 7.22. The fourth-order valence-corrected chi connectivity index (χ4v) is 5.23. The number of anilines is 1. The molecule has 0 aromatic heterocycles. The summed E-state index contributed by atoms with van der Waals surface area (Å²) in [6.45, 7) is 0.487. The summed E-state index contributed by atoms with van der Waals surface area (Å²) in [6.07, 6.45) is 0.592. The summed E-state index contributed by atoms with van der Waals surface area (Å²) in [5.74, 6) is 2.44. The van der Waals surface area contributed by atoms with Crippen molar-refractivity contribution in [3.05, 3.63) is 65.7 Å². The average molecular weight is 549 g/mol. The van der Waals surface area contributed by atoms with Crippen molar-refractivity contribution in [3.8, 4) is 34.5 Å². The highest BCUT2D eigenvalue weighted by molar-refractivity contribution is 5.98. The van der Waals surface area contributed by atoms with Gasteiger partial charge < -0.3 is 38.6 Å². The van der Waals surface area contributed by atoms with Crippen LogP contribution in [0.1, 0.15) is 30.0 Å². The first-order valence-corrected chi connectivity index (χ1v) is 12.9. The quantitative estimate of drug-likeness (QED) is 0.423. The van der Waals surface area contributed by atoms with Crippen LogP contribution in [0.3, 0.4) is 0 Å². The van der Waals surface area contributed by atoms with E-state index in [4.69, 9.17) is 28.4 Å². The van der Waals surface area contributed by atoms with E-state index in [1.807, 2.05) is 42.5 Å². The highest BCUT2D eigenvalue weighted by atomic mass is 16.7. The van der Waals surface area contributed by atoms with Crippen LogP contribution < -0.4 is 38.6 Å². The van der Waals surface area contributed by atoms with Gasteiger partial charge in [-0.05, 0) is 41.8 Å². The number of hydrogen-bond acceptors (Lipinski definition) is 8. The van der Waals surface area contributed by atoms with E-state index in [9.17, 15) is 9.59 Å². The van der Waals surface area contributed by atoms with Crippen molar-refractivity contribution in [1.29, 1.82) is 0 Å². The minimum absolute atomic E-state index is 0.116. The van der Waals surface area contributed by atoms with Gasteiger partial charge in [0, 0.05) is 25.1 Å². The minimum Gasteiger partial charge on any atom is -0.497 e. The molecule has 40 heavy (non-hydrogen) atoms. The second-order valence-electron chi connectivity index (χ2n) is 9.42. The summed E-state index contributed by atoms with van der Waals surface area (Å²) >= 11 is 0. The number of hydrogen-bond donors (Lipinski definition) is 1. The van der Waals surface area contributed by atoms with Crippen molar-refractivity contribution in [1.82, 2.24) is 5.32 Å². The third kappa shape index (κ3) is 5.16. The molecular formula is C30H32N2O8. The molecule has 2 aliphatic rings. The molecule has 2 heterocycles. The molecule has 0 unspecified atom stereocenters. The average Bonchev–Trinajstić information content (AvgIpc) is 3.47. The van der Waals surface area contributed by atoms with Crippen LogP contribution in [-0.4, -0.2) is 47.0 Å². The third-order valence-corrected chi connectivity index (χ3v) is 7.22. The lowest BCUT2D eigenvalue weighted by Gasteiger charge is -2.41. The van der Waals surface area contributed by atoms with Crippen LogP contribution in [0.15, 0.2) is 54.6 Å². The Morgan fingerprint density at radius 3 is 2.25 bits per heavy atom. The number of ether oxygens (including phenoxy) is 6. The number of carbonyl (C=O) groups is 2. The second-order valence-corrected chi connectivity index (χ2v) is 9.42. The van der Waals surface area contributed by atoms with Crippen molar-refractivity contribution in [2.75, 3.05) is 40.1 Å². The summed E-state index contributed by atoms with van der Waals surface area (Å²) in [5, 5.41) is 3.07. The Kier molecular flexibility index (Phi) is 7.86. The van der Waals surface area contributed by atoms with Crippen LogP contribution in [0, 0.1) is 5.92 Å². The lowest BCUT2D eigenvalue weighted by molar-refractivity contribution is -0.129. The molecule has 0 spiro atoms. The van der Waals surface area contributed by atoms with Gasteiger partial charge in [-0.2, -0.15) is 0 Å². The Labute approximate surface area is 232 Å². The van der Waals surface area contributed by atoms with Crippen LogP contribution in [-0.2, 0) is 16.1 Å². The van der Waals surface area contributed by atoms with Gasteiger partial charge in [-0.15, -0.1) is 0 Å².